The van der Waals surface area contributed by atoms with Gasteiger partial charge in [0.15, 0.2) is 0 Å². The largest absolute Gasteiger partial charge is 0.497 e. The van der Waals surface area contributed by atoms with Crippen LogP contribution < -0.4 is 4.74 Å². The summed E-state index contributed by atoms with van der Waals surface area (Å²) in [7, 11) is 1.69. The van der Waals surface area contributed by atoms with Gasteiger partial charge in [-0.3, -0.25) is 9.69 Å². The zero-order valence-electron chi connectivity index (χ0n) is 15.2. The molecular weight excluding hydrogens is 332 g/mol. The summed E-state index contributed by atoms with van der Waals surface area (Å²) in [6.07, 6.45) is 1.02. The van der Waals surface area contributed by atoms with Crippen LogP contribution in [0, 0.1) is 13.8 Å². The average Bonchev–Trinajstić information content (AvgIpc) is 2.81. The third kappa shape index (κ3) is 4.41. The normalized spacial score (nSPS) is 15.9. The highest BCUT2D eigenvalue weighted by Gasteiger charge is 2.22. The quantitative estimate of drug-likeness (QED) is 0.835. The second kappa shape index (κ2) is 8.02. The molecule has 0 bridgehead atoms. The molecule has 2 heterocycles. The summed E-state index contributed by atoms with van der Waals surface area (Å²) in [6, 6.07) is 10.3. The van der Waals surface area contributed by atoms with Gasteiger partial charge in [-0.25, -0.2) is 0 Å². The molecule has 0 N–H and O–H groups in total. The Morgan fingerprint density at radius 3 is 2.52 bits per heavy atom. The van der Waals surface area contributed by atoms with E-state index in [9.17, 15) is 4.79 Å². The first-order valence-electron chi connectivity index (χ1n) is 8.78. The number of methoxy groups -OCH3 is 1. The Kier molecular flexibility index (Phi) is 5.76. The first kappa shape index (κ1) is 18.0. The van der Waals surface area contributed by atoms with E-state index < -0.39 is 0 Å². The number of benzene rings is 1. The maximum absolute atomic E-state index is 12.8. The van der Waals surface area contributed by atoms with Crippen LogP contribution in [-0.4, -0.2) is 49.0 Å². The highest BCUT2D eigenvalue weighted by molar-refractivity contribution is 7.12. The number of carbonyl (C=O) groups excluding carboxylic acids is 1. The number of hydrogen-bond acceptors (Lipinski definition) is 4. The molecule has 5 heteroatoms. The lowest BCUT2D eigenvalue weighted by Crippen LogP contribution is -2.35. The summed E-state index contributed by atoms with van der Waals surface area (Å²) in [5.41, 5.74) is 2.16. The van der Waals surface area contributed by atoms with E-state index in [1.54, 1.807) is 18.4 Å². The topological polar surface area (TPSA) is 32.8 Å². The van der Waals surface area contributed by atoms with Gasteiger partial charge in [0.25, 0.3) is 5.91 Å². The van der Waals surface area contributed by atoms with Gasteiger partial charge in [0.2, 0.25) is 0 Å². The fourth-order valence-electron chi connectivity index (χ4n) is 3.33. The van der Waals surface area contributed by atoms with Crippen LogP contribution >= 0.6 is 11.3 Å². The van der Waals surface area contributed by atoms with E-state index in [0.29, 0.717) is 0 Å². The fourth-order valence-corrected chi connectivity index (χ4v) is 4.25. The van der Waals surface area contributed by atoms with Gasteiger partial charge in [0.1, 0.15) is 5.75 Å². The molecule has 1 fully saturated rings. The highest BCUT2D eigenvalue weighted by Crippen LogP contribution is 2.23. The van der Waals surface area contributed by atoms with Gasteiger partial charge in [-0.2, -0.15) is 0 Å². The molecule has 1 aliphatic heterocycles. The van der Waals surface area contributed by atoms with E-state index in [1.165, 1.54) is 10.4 Å². The lowest BCUT2D eigenvalue weighted by Gasteiger charge is -2.22. The van der Waals surface area contributed by atoms with Gasteiger partial charge in [0, 0.05) is 42.5 Å². The Bertz CT molecular complexity index is 724. The maximum atomic E-state index is 12.8. The molecule has 134 valence electrons. The molecule has 0 atom stereocenters. The van der Waals surface area contributed by atoms with Gasteiger partial charge in [-0.15, -0.1) is 11.3 Å². The van der Waals surface area contributed by atoms with Crippen LogP contribution in [0.3, 0.4) is 0 Å². The standard InChI is InChI=1S/C20H26N2O2S/c1-15-13-19(16(2)25-15)20(23)22-10-4-9-21(11-12-22)14-17-5-7-18(24-3)8-6-17/h5-8,13H,4,9-12,14H2,1-3H3. The molecule has 1 aliphatic rings. The van der Waals surface area contributed by atoms with Crippen molar-refractivity contribution < 1.29 is 9.53 Å². The molecule has 2 aromatic rings. The van der Waals surface area contributed by atoms with Crippen LogP contribution in [0.2, 0.25) is 0 Å². The molecule has 4 nitrogen and oxygen atoms in total. The van der Waals surface area contributed by atoms with E-state index >= 15 is 0 Å². The van der Waals surface area contributed by atoms with E-state index in [4.69, 9.17) is 4.74 Å². The van der Waals surface area contributed by atoms with E-state index in [-0.39, 0.29) is 5.91 Å². The summed E-state index contributed by atoms with van der Waals surface area (Å²) < 4.78 is 5.22. The monoisotopic (exact) mass is 358 g/mol. The first-order valence-corrected chi connectivity index (χ1v) is 9.60. The van der Waals surface area contributed by atoms with Crippen molar-refractivity contribution in [2.45, 2.75) is 26.8 Å². The fraction of sp³-hybridized carbons (Fsp3) is 0.450. The first-order chi connectivity index (χ1) is 12.1. The number of hydrogen-bond donors (Lipinski definition) is 0. The van der Waals surface area contributed by atoms with Crippen LogP contribution in [0.15, 0.2) is 30.3 Å². The molecule has 0 aliphatic carbocycles. The molecular formula is C20H26N2O2S. The van der Waals surface area contributed by atoms with Gasteiger partial charge in [-0.1, -0.05) is 12.1 Å². The SMILES string of the molecule is COc1ccc(CN2CCCN(C(=O)c3cc(C)sc3C)CC2)cc1. The molecule has 0 radical (unpaired) electrons. The third-order valence-corrected chi connectivity index (χ3v) is 5.68. The lowest BCUT2D eigenvalue weighted by atomic mass is 10.2. The zero-order valence-corrected chi connectivity index (χ0v) is 16.1. The molecule has 0 unspecified atom stereocenters. The predicted molar refractivity (Wildman–Crippen MR) is 103 cm³/mol. The van der Waals surface area contributed by atoms with Crippen LogP contribution in [0.5, 0.6) is 5.75 Å². The van der Waals surface area contributed by atoms with Crippen molar-refractivity contribution >= 4 is 17.2 Å². The average molecular weight is 359 g/mol. The Morgan fingerprint density at radius 2 is 1.88 bits per heavy atom. The second-order valence-electron chi connectivity index (χ2n) is 6.60. The van der Waals surface area contributed by atoms with Crippen LogP contribution in [0.1, 0.15) is 32.1 Å². The van der Waals surface area contributed by atoms with Crippen molar-refractivity contribution in [3.05, 3.63) is 51.2 Å². The Hall–Kier alpha value is -1.85. The molecule has 0 saturated carbocycles. The number of carbonyl (C=O) groups is 1. The van der Waals surface area contributed by atoms with Crippen LogP contribution in [0.4, 0.5) is 0 Å². The number of rotatable bonds is 4. The Morgan fingerprint density at radius 1 is 1.12 bits per heavy atom. The molecule has 25 heavy (non-hydrogen) atoms. The molecule has 0 spiro atoms. The van der Waals surface area contributed by atoms with Gasteiger partial charge in [0.05, 0.1) is 12.7 Å². The lowest BCUT2D eigenvalue weighted by molar-refractivity contribution is 0.0761. The minimum absolute atomic E-state index is 0.188. The summed E-state index contributed by atoms with van der Waals surface area (Å²) in [6.45, 7) is 8.60. The second-order valence-corrected chi connectivity index (χ2v) is 8.06. The number of amides is 1. The maximum Gasteiger partial charge on any atom is 0.255 e. The summed E-state index contributed by atoms with van der Waals surface area (Å²) in [5.74, 6) is 1.07. The number of aryl methyl sites for hydroxylation is 2. The molecule has 1 saturated heterocycles. The number of nitrogens with zero attached hydrogens (tertiary/aromatic N) is 2. The summed E-state index contributed by atoms with van der Waals surface area (Å²) >= 11 is 1.70. The van der Waals surface area contributed by atoms with Crippen molar-refractivity contribution in [3.8, 4) is 5.75 Å². The van der Waals surface area contributed by atoms with Crippen molar-refractivity contribution in [2.24, 2.45) is 0 Å². The Labute approximate surface area is 154 Å². The predicted octanol–water partition coefficient (Wildman–Crippen LogP) is 3.72. The van der Waals surface area contributed by atoms with Crippen molar-refractivity contribution in [2.75, 3.05) is 33.3 Å². The Balaban J connectivity index is 1.60. The molecule has 1 aromatic carbocycles. The minimum Gasteiger partial charge on any atom is -0.497 e. The van der Waals surface area contributed by atoms with Gasteiger partial charge < -0.3 is 9.64 Å². The van der Waals surface area contributed by atoms with Gasteiger partial charge in [-0.05, 0) is 44.0 Å². The molecule has 1 amide bonds. The molecule has 3 rings (SSSR count). The number of ether oxygens (including phenoxy) is 1. The van der Waals surface area contributed by atoms with Gasteiger partial charge >= 0.3 is 0 Å². The van der Waals surface area contributed by atoms with Crippen LogP contribution in [0.25, 0.3) is 0 Å². The van der Waals surface area contributed by atoms with E-state index in [2.05, 4.69) is 24.0 Å². The van der Waals surface area contributed by atoms with Crippen molar-refractivity contribution in [3.63, 3.8) is 0 Å². The summed E-state index contributed by atoms with van der Waals surface area (Å²) in [5, 5.41) is 0. The zero-order chi connectivity index (χ0) is 17.8. The minimum atomic E-state index is 0.188. The van der Waals surface area contributed by atoms with Crippen molar-refractivity contribution in [1.29, 1.82) is 0 Å². The third-order valence-electron chi connectivity index (χ3n) is 4.71. The smallest absolute Gasteiger partial charge is 0.255 e. The summed E-state index contributed by atoms with van der Waals surface area (Å²) in [4.78, 5) is 19.6. The van der Waals surface area contributed by atoms with E-state index in [0.717, 1.165) is 55.3 Å². The number of thiophene rings is 1. The molecule has 1 aromatic heterocycles. The highest BCUT2D eigenvalue weighted by atomic mass is 32.1. The van der Waals surface area contributed by atoms with Crippen molar-refractivity contribution in [1.82, 2.24) is 9.80 Å². The van der Waals surface area contributed by atoms with E-state index in [1.807, 2.05) is 30.0 Å². The van der Waals surface area contributed by atoms with Crippen LogP contribution in [-0.2, 0) is 6.54 Å².